The molecule has 0 bridgehead atoms. The van der Waals surface area contributed by atoms with E-state index < -0.39 is 5.97 Å². The fraction of sp³-hybridized carbons (Fsp3) is 0.412. The Hall–Kier alpha value is -1.88. The molecule has 118 valence electrons. The quantitative estimate of drug-likeness (QED) is 0.790. The zero-order chi connectivity index (χ0) is 16.1. The van der Waals surface area contributed by atoms with Crippen LogP contribution in [0.3, 0.4) is 0 Å². The van der Waals surface area contributed by atoms with Crippen molar-refractivity contribution in [2.45, 2.75) is 40.0 Å². The van der Waals surface area contributed by atoms with Crippen LogP contribution in [0.1, 0.15) is 33.1 Å². The molecule has 0 aliphatic heterocycles. The lowest BCUT2D eigenvalue weighted by Gasteiger charge is -2.07. The Balaban J connectivity index is 1.81. The molecule has 0 saturated carbocycles. The van der Waals surface area contributed by atoms with E-state index in [4.69, 9.17) is 9.84 Å². The van der Waals surface area contributed by atoms with Crippen molar-refractivity contribution in [2.24, 2.45) is 0 Å². The second-order valence-corrected chi connectivity index (χ2v) is 6.55. The maximum Gasteiger partial charge on any atom is 0.308 e. The molecule has 0 fully saturated rings. The first-order valence-electron chi connectivity index (χ1n) is 7.32. The van der Waals surface area contributed by atoms with Gasteiger partial charge in [0.1, 0.15) is 5.75 Å². The van der Waals surface area contributed by atoms with Crippen LogP contribution in [-0.2, 0) is 17.6 Å². The van der Waals surface area contributed by atoms with Crippen molar-refractivity contribution in [3.05, 3.63) is 44.9 Å². The lowest BCUT2D eigenvalue weighted by Crippen LogP contribution is -1.99. The summed E-state index contributed by atoms with van der Waals surface area (Å²) in [5.41, 5.74) is 3.32. The highest BCUT2D eigenvalue weighted by molar-refractivity contribution is 7.11. The van der Waals surface area contributed by atoms with Gasteiger partial charge in [-0.05, 0) is 50.5 Å². The molecule has 0 spiro atoms. The van der Waals surface area contributed by atoms with Crippen LogP contribution in [0.5, 0.6) is 5.75 Å². The van der Waals surface area contributed by atoms with Crippen LogP contribution in [0.2, 0.25) is 0 Å². The number of rotatable bonds is 7. The first kappa shape index (κ1) is 16.5. The summed E-state index contributed by atoms with van der Waals surface area (Å²) >= 11 is 1.49. The van der Waals surface area contributed by atoms with E-state index in [0.29, 0.717) is 6.61 Å². The molecular weight excluding hydrogens is 298 g/mol. The van der Waals surface area contributed by atoms with Crippen molar-refractivity contribution in [1.82, 2.24) is 4.98 Å². The summed E-state index contributed by atoms with van der Waals surface area (Å²) in [6.45, 7) is 6.66. The number of benzene rings is 1. The molecular formula is C17H21NO3S. The van der Waals surface area contributed by atoms with Crippen LogP contribution in [0, 0.1) is 20.8 Å². The Labute approximate surface area is 134 Å². The van der Waals surface area contributed by atoms with Gasteiger partial charge in [0.2, 0.25) is 0 Å². The van der Waals surface area contributed by atoms with E-state index in [1.807, 2.05) is 19.1 Å². The van der Waals surface area contributed by atoms with E-state index in [2.05, 4.69) is 24.9 Å². The van der Waals surface area contributed by atoms with Crippen molar-refractivity contribution < 1.29 is 14.6 Å². The molecule has 0 aliphatic carbocycles. The zero-order valence-electron chi connectivity index (χ0n) is 13.2. The minimum atomic E-state index is -0.809. The number of carbonyl (C=O) groups is 1. The smallest absolute Gasteiger partial charge is 0.308 e. The fourth-order valence-corrected chi connectivity index (χ4v) is 3.22. The summed E-state index contributed by atoms with van der Waals surface area (Å²) in [7, 11) is 0. The van der Waals surface area contributed by atoms with Gasteiger partial charge < -0.3 is 9.84 Å². The van der Waals surface area contributed by atoms with Crippen molar-refractivity contribution in [1.29, 1.82) is 0 Å². The average molecular weight is 319 g/mol. The monoisotopic (exact) mass is 319 g/mol. The molecule has 0 saturated heterocycles. The van der Waals surface area contributed by atoms with Gasteiger partial charge >= 0.3 is 5.97 Å². The Bertz CT molecular complexity index is 664. The summed E-state index contributed by atoms with van der Waals surface area (Å²) in [5, 5.41) is 9.83. The number of aromatic nitrogens is 1. The Morgan fingerprint density at radius 2 is 2.05 bits per heavy atom. The van der Waals surface area contributed by atoms with Crippen LogP contribution >= 0.6 is 11.3 Å². The van der Waals surface area contributed by atoms with Gasteiger partial charge in [-0.3, -0.25) is 4.79 Å². The standard InChI is InChI=1S/C17H21NO3S/c1-11-6-7-14(9-12(11)2)21-8-4-5-16-18-13(3)15(22-16)10-17(19)20/h6-7,9H,4-5,8,10H2,1-3H3,(H,19,20). The van der Waals surface area contributed by atoms with Crippen molar-refractivity contribution in [3.63, 3.8) is 0 Å². The molecule has 4 nitrogen and oxygen atoms in total. The molecule has 1 heterocycles. The largest absolute Gasteiger partial charge is 0.494 e. The van der Waals surface area contributed by atoms with E-state index in [1.165, 1.54) is 22.5 Å². The highest BCUT2D eigenvalue weighted by Gasteiger charge is 2.10. The second-order valence-electron chi connectivity index (χ2n) is 5.38. The lowest BCUT2D eigenvalue weighted by molar-refractivity contribution is -0.136. The Morgan fingerprint density at radius 3 is 2.73 bits per heavy atom. The Morgan fingerprint density at radius 1 is 1.27 bits per heavy atom. The van der Waals surface area contributed by atoms with Crippen molar-refractivity contribution in [3.8, 4) is 5.75 Å². The number of ether oxygens (including phenoxy) is 1. The average Bonchev–Trinajstić information content (AvgIpc) is 2.78. The number of carboxylic acids is 1. The van der Waals surface area contributed by atoms with Gasteiger partial charge in [-0.2, -0.15) is 0 Å². The molecule has 0 amide bonds. The van der Waals surface area contributed by atoms with E-state index >= 15 is 0 Å². The van der Waals surface area contributed by atoms with Gasteiger partial charge in [0, 0.05) is 11.3 Å². The lowest BCUT2D eigenvalue weighted by atomic mass is 10.1. The van der Waals surface area contributed by atoms with Gasteiger partial charge in [-0.15, -0.1) is 11.3 Å². The summed E-state index contributed by atoms with van der Waals surface area (Å²) in [6, 6.07) is 6.10. The highest BCUT2D eigenvalue weighted by Crippen LogP contribution is 2.21. The maximum atomic E-state index is 10.8. The summed E-state index contributed by atoms with van der Waals surface area (Å²) < 4.78 is 5.75. The third-order valence-corrected chi connectivity index (χ3v) is 4.75. The molecule has 1 aromatic heterocycles. The molecule has 2 aromatic rings. The predicted molar refractivity (Wildman–Crippen MR) is 87.9 cm³/mol. The van der Waals surface area contributed by atoms with E-state index in [0.717, 1.165) is 34.2 Å². The third kappa shape index (κ3) is 4.56. The first-order chi connectivity index (χ1) is 10.5. The molecule has 0 aliphatic rings. The molecule has 0 radical (unpaired) electrons. The fourth-order valence-electron chi connectivity index (χ4n) is 2.11. The normalized spacial score (nSPS) is 10.7. The Kier molecular flexibility index (Phi) is 5.55. The number of aliphatic carboxylic acids is 1. The van der Waals surface area contributed by atoms with Crippen molar-refractivity contribution in [2.75, 3.05) is 6.61 Å². The molecule has 0 atom stereocenters. The number of aryl methyl sites for hydroxylation is 4. The van der Waals surface area contributed by atoms with Crippen LogP contribution in [-0.4, -0.2) is 22.7 Å². The highest BCUT2D eigenvalue weighted by atomic mass is 32.1. The SMILES string of the molecule is Cc1ccc(OCCCc2nc(C)c(CC(=O)O)s2)cc1C. The molecule has 22 heavy (non-hydrogen) atoms. The number of hydrogen-bond donors (Lipinski definition) is 1. The molecule has 5 heteroatoms. The molecule has 2 rings (SSSR count). The number of hydrogen-bond acceptors (Lipinski definition) is 4. The second kappa shape index (κ2) is 7.40. The number of nitrogens with zero attached hydrogens (tertiary/aromatic N) is 1. The van der Waals surface area contributed by atoms with Gasteiger partial charge in [0.05, 0.1) is 23.7 Å². The van der Waals surface area contributed by atoms with Crippen molar-refractivity contribution >= 4 is 17.3 Å². The zero-order valence-corrected chi connectivity index (χ0v) is 14.0. The van der Waals surface area contributed by atoms with Crippen LogP contribution in [0.25, 0.3) is 0 Å². The van der Waals surface area contributed by atoms with Gasteiger partial charge in [0.25, 0.3) is 0 Å². The minimum absolute atomic E-state index is 0.0582. The topological polar surface area (TPSA) is 59.4 Å². The number of thiazole rings is 1. The van der Waals surface area contributed by atoms with E-state index in [1.54, 1.807) is 0 Å². The van der Waals surface area contributed by atoms with E-state index in [9.17, 15) is 4.79 Å². The van der Waals surface area contributed by atoms with Crippen LogP contribution in [0.4, 0.5) is 0 Å². The minimum Gasteiger partial charge on any atom is -0.494 e. The third-order valence-electron chi connectivity index (χ3n) is 3.53. The molecule has 1 aromatic carbocycles. The maximum absolute atomic E-state index is 10.8. The summed E-state index contributed by atoms with van der Waals surface area (Å²) in [6.07, 6.45) is 1.74. The van der Waals surface area contributed by atoms with Gasteiger partial charge in [-0.1, -0.05) is 6.07 Å². The predicted octanol–water partition coefficient (Wildman–Crippen LogP) is 3.71. The molecule has 1 N–H and O–H groups in total. The van der Waals surface area contributed by atoms with E-state index in [-0.39, 0.29) is 6.42 Å². The van der Waals surface area contributed by atoms with Crippen LogP contribution in [0.15, 0.2) is 18.2 Å². The van der Waals surface area contributed by atoms with Gasteiger partial charge in [0.15, 0.2) is 0 Å². The van der Waals surface area contributed by atoms with Gasteiger partial charge in [-0.25, -0.2) is 4.98 Å². The molecule has 0 unspecified atom stereocenters. The summed E-state index contributed by atoms with van der Waals surface area (Å²) in [4.78, 5) is 16.0. The van der Waals surface area contributed by atoms with Crippen LogP contribution < -0.4 is 4.74 Å². The summed E-state index contributed by atoms with van der Waals surface area (Å²) in [5.74, 6) is 0.0846. The number of carboxylic acid groups (broad SMARTS) is 1. The first-order valence-corrected chi connectivity index (χ1v) is 8.14.